The molecule has 7 heteroatoms. The van der Waals surface area contributed by atoms with Gasteiger partial charge >= 0.3 is 0 Å². The van der Waals surface area contributed by atoms with Gasteiger partial charge in [-0.2, -0.15) is 0 Å². The number of para-hydroxylation sites is 1. The Kier molecular flexibility index (Phi) is 5.35. The predicted molar refractivity (Wildman–Crippen MR) is 93.6 cm³/mol. The van der Waals surface area contributed by atoms with E-state index in [2.05, 4.69) is 6.58 Å². The molecule has 0 amide bonds. The van der Waals surface area contributed by atoms with Gasteiger partial charge in [0.2, 0.25) is 0 Å². The van der Waals surface area contributed by atoms with E-state index in [-0.39, 0.29) is 11.4 Å². The number of anilines is 1. The highest BCUT2D eigenvalue weighted by Crippen LogP contribution is 2.29. The number of benzene rings is 2. The molecule has 0 atom stereocenters. The summed E-state index contributed by atoms with van der Waals surface area (Å²) in [4.78, 5) is 10.1. The first kappa shape index (κ1) is 17.7. The molecule has 0 bridgehead atoms. The highest BCUT2D eigenvalue weighted by Gasteiger charge is 2.31. The molecular formula is C17H18N2O4S. The summed E-state index contributed by atoms with van der Waals surface area (Å²) in [5.74, 6) is 0. The standard InChI is InChI=1S/C17H18N2O4S/c1-3-13-18(15-11-9-14(4-2)10-12-15)24(22,23)17-8-6-5-7-16(17)19(20)21/h3,5-12H,1,4,13H2,2H3. The summed E-state index contributed by atoms with van der Waals surface area (Å²) in [7, 11) is -4.09. The van der Waals surface area contributed by atoms with Crippen molar-refractivity contribution in [1.29, 1.82) is 0 Å². The van der Waals surface area contributed by atoms with Gasteiger partial charge in [0.15, 0.2) is 4.90 Å². The number of hydrogen-bond acceptors (Lipinski definition) is 4. The molecule has 0 aromatic heterocycles. The number of nitro benzene ring substituents is 1. The van der Waals surface area contributed by atoms with Gasteiger partial charge < -0.3 is 0 Å². The predicted octanol–water partition coefficient (Wildman–Crippen LogP) is 3.54. The Morgan fingerprint density at radius 3 is 2.33 bits per heavy atom. The van der Waals surface area contributed by atoms with Gasteiger partial charge in [-0.3, -0.25) is 14.4 Å². The highest BCUT2D eigenvalue weighted by atomic mass is 32.2. The molecule has 0 heterocycles. The van der Waals surface area contributed by atoms with E-state index in [9.17, 15) is 18.5 Å². The molecule has 0 aliphatic heterocycles. The van der Waals surface area contributed by atoms with Gasteiger partial charge in [-0.25, -0.2) is 8.42 Å². The Morgan fingerprint density at radius 2 is 1.79 bits per heavy atom. The Hall–Kier alpha value is -2.67. The van der Waals surface area contributed by atoms with Crippen molar-refractivity contribution >= 4 is 21.4 Å². The lowest BCUT2D eigenvalue weighted by Crippen LogP contribution is -2.31. The first-order chi connectivity index (χ1) is 11.4. The second-order valence-corrected chi connectivity index (χ2v) is 6.90. The smallest absolute Gasteiger partial charge is 0.262 e. The zero-order valence-corrected chi connectivity index (χ0v) is 14.1. The number of rotatable bonds is 7. The van der Waals surface area contributed by atoms with E-state index < -0.39 is 20.6 Å². The van der Waals surface area contributed by atoms with E-state index in [0.717, 1.165) is 16.3 Å². The Bertz CT molecular complexity index is 845. The molecule has 0 saturated heterocycles. The zero-order chi connectivity index (χ0) is 17.7. The van der Waals surface area contributed by atoms with Gasteiger partial charge in [-0.05, 0) is 30.2 Å². The molecule has 126 valence electrons. The summed E-state index contributed by atoms with van der Waals surface area (Å²) in [6.45, 7) is 5.60. The van der Waals surface area contributed by atoms with Crippen LogP contribution in [-0.2, 0) is 16.4 Å². The normalized spacial score (nSPS) is 11.0. The molecule has 0 spiro atoms. The van der Waals surface area contributed by atoms with Crippen LogP contribution in [0.2, 0.25) is 0 Å². The third-order valence-corrected chi connectivity index (χ3v) is 5.40. The lowest BCUT2D eigenvalue weighted by Gasteiger charge is -2.23. The minimum Gasteiger partial charge on any atom is -0.262 e. The van der Waals surface area contributed by atoms with Crippen LogP contribution in [0.25, 0.3) is 0 Å². The van der Waals surface area contributed by atoms with Gasteiger partial charge in [0.1, 0.15) is 0 Å². The quantitative estimate of drug-likeness (QED) is 0.436. The van der Waals surface area contributed by atoms with E-state index in [1.54, 1.807) is 12.1 Å². The van der Waals surface area contributed by atoms with Crippen LogP contribution < -0.4 is 4.31 Å². The Labute approximate surface area is 141 Å². The molecule has 0 radical (unpaired) electrons. The summed E-state index contributed by atoms with van der Waals surface area (Å²) >= 11 is 0. The van der Waals surface area contributed by atoms with Gasteiger partial charge in [0.25, 0.3) is 15.7 Å². The van der Waals surface area contributed by atoms with E-state index >= 15 is 0 Å². The molecule has 2 aromatic carbocycles. The minimum absolute atomic E-state index is 0.0137. The van der Waals surface area contributed by atoms with Gasteiger partial charge in [0.05, 0.1) is 17.2 Å². The van der Waals surface area contributed by atoms with Crippen LogP contribution in [0.4, 0.5) is 11.4 Å². The van der Waals surface area contributed by atoms with Crippen molar-refractivity contribution < 1.29 is 13.3 Å². The van der Waals surface area contributed by atoms with Crippen LogP contribution in [0.5, 0.6) is 0 Å². The van der Waals surface area contributed by atoms with Gasteiger partial charge in [0, 0.05) is 6.07 Å². The largest absolute Gasteiger partial charge is 0.289 e. The summed E-state index contributed by atoms with van der Waals surface area (Å²) in [5.41, 5.74) is 1.06. The van der Waals surface area contributed by atoms with Gasteiger partial charge in [-0.1, -0.05) is 37.3 Å². The first-order valence-corrected chi connectivity index (χ1v) is 8.81. The molecule has 0 fully saturated rings. The van der Waals surface area contributed by atoms with Crippen molar-refractivity contribution in [2.45, 2.75) is 18.2 Å². The number of sulfonamides is 1. The van der Waals surface area contributed by atoms with Crippen molar-refractivity contribution in [2.24, 2.45) is 0 Å². The molecule has 0 aliphatic carbocycles. The molecule has 0 aliphatic rings. The second kappa shape index (κ2) is 7.27. The third kappa shape index (κ3) is 3.46. The third-order valence-electron chi connectivity index (χ3n) is 3.56. The van der Waals surface area contributed by atoms with E-state index in [1.165, 1.54) is 30.3 Å². The maximum atomic E-state index is 13.0. The van der Waals surface area contributed by atoms with Crippen molar-refractivity contribution in [3.63, 3.8) is 0 Å². The van der Waals surface area contributed by atoms with Crippen molar-refractivity contribution in [2.75, 3.05) is 10.8 Å². The van der Waals surface area contributed by atoms with E-state index in [0.29, 0.717) is 5.69 Å². The Balaban J connectivity index is 2.57. The number of nitrogens with zero attached hydrogens (tertiary/aromatic N) is 2. The molecule has 0 saturated carbocycles. The monoisotopic (exact) mass is 346 g/mol. The molecule has 0 unspecified atom stereocenters. The number of nitro groups is 1. The summed E-state index contributed by atoms with van der Waals surface area (Å²) < 4.78 is 27.1. The molecule has 2 aromatic rings. The zero-order valence-electron chi connectivity index (χ0n) is 13.3. The van der Waals surface area contributed by atoms with Crippen LogP contribution in [0, 0.1) is 10.1 Å². The van der Waals surface area contributed by atoms with Crippen molar-refractivity contribution in [3.8, 4) is 0 Å². The molecule has 24 heavy (non-hydrogen) atoms. The van der Waals surface area contributed by atoms with E-state index in [4.69, 9.17) is 0 Å². The average molecular weight is 346 g/mol. The summed E-state index contributed by atoms with van der Waals surface area (Å²) in [6.07, 6.45) is 2.28. The van der Waals surface area contributed by atoms with Crippen LogP contribution in [0.15, 0.2) is 66.1 Å². The topological polar surface area (TPSA) is 80.5 Å². The van der Waals surface area contributed by atoms with Crippen LogP contribution in [0.1, 0.15) is 12.5 Å². The number of hydrogen-bond donors (Lipinski definition) is 0. The molecular weight excluding hydrogens is 328 g/mol. The summed E-state index contributed by atoms with van der Waals surface area (Å²) in [5, 5.41) is 11.2. The lowest BCUT2D eigenvalue weighted by molar-refractivity contribution is -0.387. The van der Waals surface area contributed by atoms with Crippen molar-refractivity contribution in [3.05, 3.63) is 76.9 Å². The van der Waals surface area contributed by atoms with Crippen LogP contribution in [-0.4, -0.2) is 19.9 Å². The Morgan fingerprint density at radius 1 is 1.17 bits per heavy atom. The SMILES string of the molecule is C=CCN(c1ccc(CC)cc1)S(=O)(=O)c1ccccc1[N+](=O)[O-]. The fourth-order valence-corrected chi connectivity index (χ4v) is 3.90. The molecule has 2 rings (SSSR count). The molecule has 0 N–H and O–H groups in total. The molecule has 6 nitrogen and oxygen atoms in total. The van der Waals surface area contributed by atoms with Gasteiger partial charge in [-0.15, -0.1) is 6.58 Å². The minimum atomic E-state index is -4.09. The second-order valence-electron chi connectivity index (χ2n) is 5.07. The highest BCUT2D eigenvalue weighted by molar-refractivity contribution is 7.93. The first-order valence-electron chi connectivity index (χ1n) is 7.37. The van der Waals surface area contributed by atoms with E-state index in [1.807, 2.05) is 19.1 Å². The average Bonchev–Trinajstić information content (AvgIpc) is 2.59. The maximum Gasteiger partial charge on any atom is 0.289 e. The maximum absolute atomic E-state index is 13.0. The fourth-order valence-electron chi connectivity index (χ4n) is 2.30. The fraction of sp³-hybridized carbons (Fsp3) is 0.176. The lowest BCUT2D eigenvalue weighted by atomic mass is 10.1. The summed E-state index contributed by atoms with van der Waals surface area (Å²) in [6, 6.07) is 12.4. The van der Waals surface area contributed by atoms with Crippen molar-refractivity contribution in [1.82, 2.24) is 0 Å². The van der Waals surface area contributed by atoms with Crippen LogP contribution in [0.3, 0.4) is 0 Å². The van der Waals surface area contributed by atoms with Crippen LogP contribution >= 0.6 is 0 Å². The number of aryl methyl sites for hydroxylation is 1.